The lowest BCUT2D eigenvalue weighted by Crippen LogP contribution is -2.46. The predicted octanol–water partition coefficient (Wildman–Crippen LogP) is 2.39. The molecule has 6 nitrogen and oxygen atoms in total. The summed E-state index contributed by atoms with van der Waals surface area (Å²) in [6, 6.07) is 7.15. The van der Waals surface area contributed by atoms with Gasteiger partial charge in [0.15, 0.2) is 0 Å². The Morgan fingerprint density at radius 2 is 1.90 bits per heavy atom. The van der Waals surface area contributed by atoms with Crippen molar-refractivity contribution in [1.82, 2.24) is 19.8 Å². The van der Waals surface area contributed by atoms with Crippen LogP contribution in [0.4, 0.5) is 5.95 Å². The first-order valence-corrected chi connectivity index (χ1v) is 11.9. The van der Waals surface area contributed by atoms with Crippen LogP contribution in [0.2, 0.25) is 0 Å². The summed E-state index contributed by atoms with van der Waals surface area (Å²) in [6.45, 7) is 8.73. The van der Waals surface area contributed by atoms with Gasteiger partial charge in [-0.25, -0.2) is 9.97 Å². The molecule has 1 atom stereocenters. The van der Waals surface area contributed by atoms with Crippen molar-refractivity contribution < 1.29 is 4.74 Å². The maximum absolute atomic E-state index is 6.07. The van der Waals surface area contributed by atoms with Gasteiger partial charge in [-0.1, -0.05) is 18.2 Å². The van der Waals surface area contributed by atoms with Crippen LogP contribution in [-0.2, 0) is 36.1 Å². The highest BCUT2D eigenvalue weighted by Crippen LogP contribution is 2.40. The molecule has 1 aliphatic carbocycles. The number of likely N-dealkylation sites (N-methyl/N-ethyl adjacent to an activating group) is 1. The van der Waals surface area contributed by atoms with Crippen LogP contribution >= 0.6 is 0 Å². The maximum Gasteiger partial charge on any atom is 0.225 e. The minimum Gasteiger partial charge on any atom is -0.376 e. The Balaban J connectivity index is 1.22. The number of likely N-dealkylation sites (tertiary alicyclic amines) is 1. The highest BCUT2D eigenvalue weighted by Gasteiger charge is 2.45. The summed E-state index contributed by atoms with van der Waals surface area (Å²) in [5, 5.41) is 0. The number of rotatable bonds is 3. The standard InChI is InChI=1S/C25H33N5O/c1-28-9-11-30(12-10-28)24-26-14-22-16-31-18-25(23(22)27-24)7-8-29(17-25)15-19-5-6-20-3-2-4-21(20)13-19/h5-6,13-14H,2-4,7-12,15-18H2,1H3. The zero-order valence-corrected chi connectivity index (χ0v) is 18.6. The first-order chi connectivity index (χ1) is 15.2. The van der Waals surface area contributed by atoms with Gasteiger partial charge in [-0.3, -0.25) is 4.90 Å². The fraction of sp³-hybridized carbons (Fsp3) is 0.600. The molecule has 0 radical (unpaired) electrons. The first kappa shape index (κ1) is 19.6. The van der Waals surface area contributed by atoms with E-state index in [4.69, 9.17) is 14.7 Å². The molecule has 0 bridgehead atoms. The molecule has 31 heavy (non-hydrogen) atoms. The first-order valence-electron chi connectivity index (χ1n) is 11.9. The Bertz CT molecular complexity index is 970. The molecule has 4 heterocycles. The van der Waals surface area contributed by atoms with Crippen LogP contribution in [0.1, 0.15) is 40.8 Å². The van der Waals surface area contributed by atoms with Gasteiger partial charge < -0.3 is 14.5 Å². The molecule has 2 aromatic rings. The Morgan fingerprint density at radius 1 is 1.03 bits per heavy atom. The molecule has 1 spiro atoms. The number of benzene rings is 1. The molecule has 1 unspecified atom stereocenters. The van der Waals surface area contributed by atoms with Crippen LogP contribution in [0.25, 0.3) is 0 Å². The van der Waals surface area contributed by atoms with Gasteiger partial charge >= 0.3 is 0 Å². The minimum atomic E-state index is 0.00851. The number of piperazine rings is 1. The summed E-state index contributed by atoms with van der Waals surface area (Å²) in [4.78, 5) is 17.2. The molecule has 0 N–H and O–H groups in total. The van der Waals surface area contributed by atoms with Crippen molar-refractivity contribution in [3.8, 4) is 0 Å². The second-order valence-electron chi connectivity index (χ2n) is 10.0. The average molecular weight is 420 g/mol. The lowest BCUT2D eigenvalue weighted by molar-refractivity contribution is 0.0502. The summed E-state index contributed by atoms with van der Waals surface area (Å²) in [5.74, 6) is 0.908. The van der Waals surface area contributed by atoms with Gasteiger partial charge in [-0.15, -0.1) is 0 Å². The molecule has 6 heteroatoms. The third-order valence-electron chi connectivity index (χ3n) is 7.78. The van der Waals surface area contributed by atoms with Crippen LogP contribution in [0.5, 0.6) is 0 Å². The molecule has 3 aliphatic heterocycles. The van der Waals surface area contributed by atoms with E-state index in [0.29, 0.717) is 6.61 Å². The molecule has 4 aliphatic rings. The van der Waals surface area contributed by atoms with Gasteiger partial charge in [0.25, 0.3) is 0 Å². The van der Waals surface area contributed by atoms with E-state index in [2.05, 4.69) is 39.9 Å². The van der Waals surface area contributed by atoms with Crippen LogP contribution in [-0.4, -0.2) is 72.7 Å². The zero-order chi connectivity index (χ0) is 20.8. The summed E-state index contributed by atoms with van der Waals surface area (Å²) in [6.07, 6.45) is 6.96. The van der Waals surface area contributed by atoms with Crippen LogP contribution in [0.3, 0.4) is 0 Å². The van der Waals surface area contributed by atoms with Gasteiger partial charge in [0.2, 0.25) is 5.95 Å². The maximum atomic E-state index is 6.07. The molecule has 2 saturated heterocycles. The Morgan fingerprint density at radius 3 is 2.81 bits per heavy atom. The van der Waals surface area contributed by atoms with Gasteiger partial charge in [-0.2, -0.15) is 0 Å². The number of ether oxygens (including phenoxy) is 1. The summed E-state index contributed by atoms with van der Waals surface area (Å²) >= 11 is 0. The number of aryl methyl sites for hydroxylation is 2. The molecular weight excluding hydrogens is 386 g/mol. The predicted molar refractivity (Wildman–Crippen MR) is 121 cm³/mol. The number of hydrogen-bond acceptors (Lipinski definition) is 6. The van der Waals surface area contributed by atoms with Crippen molar-refractivity contribution in [1.29, 1.82) is 0 Å². The van der Waals surface area contributed by atoms with Crippen molar-refractivity contribution in [2.75, 3.05) is 57.8 Å². The van der Waals surface area contributed by atoms with Gasteiger partial charge in [0, 0.05) is 51.0 Å². The normalized spacial score (nSPS) is 26.4. The fourth-order valence-corrected chi connectivity index (χ4v) is 5.93. The summed E-state index contributed by atoms with van der Waals surface area (Å²) < 4.78 is 6.07. The molecule has 6 rings (SSSR count). The zero-order valence-electron chi connectivity index (χ0n) is 18.6. The smallest absolute Gasteiger partial charge is 0.225 e. The summed E-state index contributed by atoms with van der Waals surface area (Å²) in [7, 11) is 2.19. The number of aromatic nitrogens is 2. The molecule has 0 saturated carbocycles. The van der Waals surface area contributed by atoms with E-state index in [-0.39, 0.29) is 5.41 Å². The monoisotopic (exact) mass is 419 g/mol. The molecule has 164 valence electrons. The van der Waals surface area contributed by atoms with Crippen LogP contribution in [0, 0.1) is 0 Å². The van der Waals surface area contributed by atoms with E-state index in [1.54, 1.807) is 11.1 Å². The van der Waals surface area contributed by atoms with Crippen molar-refractivity contribution in [3.63, 3.8) is 0 Å². The second kappa shape index (κ2) is 7.84. The Labute approximate surface area is 185 Å². The highest BCUT2D eigenvalue weighted by atomic mass is 16.5. The number of anilines is 1. The van der Waals surface area contributed by atoms with Gasteiger partial charge in [0.1, 0.15) is 0 Å². The number of fused-ring (bicyclic) bond motifs is 3. The lowest BCUT2D eigenvalue weighted by atomic mass is 9.80. The third kappa shape index (κ3) is 3.65. The topological polar surface area (TPSA) is 44.7 Å². The molecule has 0 amide bonds. The average Bonchev–Trinajstić information content (AvgIpc) is 3.42. The van der Waals surface area contributed by atoms with E-state index in [0.717, 1.165) is 64.8 Å². The molecule has 1 aromatic heterocycles. The summed E-state index contributed by atoms with van der Waals surface area (Å²) in [5.41, 5.74) is 7.03. The van der Waals surface area contributed by atoms with Gasteiger partial charge in [0.05, 0.1) is 24.3 Å². The van der Waals surface area contributed by atoms with Crippen LogP contribution in [0.15, 0.2) is 24.4 Å². The van der Waals surface area contributed by atoms with E-state index in [1.165, 1.54) is 36.1 Å². The Kier molecular flexibility index (Phi) is 4.97. The van der Waals surface area contributed by atoms with E-state index >= 15 is 0 Å². The quantitative estimate of drug-likeness (QED) is 0.761. The van der Waals surface area contributed by atoms with E-state index in [1.807, 2.05) is 6.20 Å². The fourth-order valence-electron chi connectivity index (χ4n) is 5.93. The largest absolute Gasteiger partial charge is 0.376 e. The van der Waals surface area contributed by atoms with Crippen LogP contribution < -0.4 is 4.90 Å². The Hall–Kier alpha value is -2.02. The van der Waals surface area contributed by atoms with Gasteiger partial charge in [-0.05, 0) is 56.0 Å². The second-order valence-corrected chi connectivity index (χ2v) is 10.0. The van der Waals surface area contributed by atoms with Crippen molar-refractivity contribution in [2.45, 2.75) is 44.2 Å². The molecule has 1 aromatic carbocycles. The van der Waals surface area contributed by atoms with E-state index in [9.17, 15) is 0 Å². The highest BCUT2D eigenvalue weighted by molar-refractivity contribution is 5.39. The molecular formula is C25H33N5O. The van der Waals surface area contributed by atoms with Crippen molar-refractivity contribution in [3.05, 3.63) is 52.3 Å². The van der Waals surface area contributed by atoms with E-state index < -0.39 is 0 Å². The van der Waals surface area contributed by atoms with Crippen molar-refractivity contribution in [2.24, 2.45) is 0 Å². The lowest BCUT2D eigenvalue weighted by Gasteiger charge is -2.36. The molecule has 2 fully saturated rings. The van der Waals surface area contributed by atoms with Crippen molar-refractivity contribution >= 4 is 5.95 Å². The number of nitrogens with zero attached hydrogens (tertiary/aromatic N) is 5. The number of hydrogen-bond donors (Lipinski definition) is 0. The third-order valence-corrected chi connectivity index (χ3v) is 7.78. The SMILES string of the molecule is CN1CCN(c2ncc3c(n2)C2(CCN(Cc4ccc5c(c4)CCC5)C2)COC3)CC1. The minimum absolute atomic E-state index is 0.00851.